The van der Waals surface area contributed by atoms with Crippen molar-refractivity contribution in [2.75, 3.05) is 6.61 Å². The fourth-order valence-corrected chi connectivity index (χ4v) is 3.74. The molecule has 0 aromatic carbocycles. The summed E-state index contributed by atoms with van der Waals surface area (Å²) >= 11 is 0. The number of allylic oxidation sites excluding steroid dienone is 1. The average molecular weight is 374 g/mol. The van der Waals surface area contributed by atoms with Gasteiger partial charge in [-0.15, -0.1) is 0 Å². The molecule has 4 atom stereocenters. The molecule has 1 N–H and O–H groups in total. The van der Waals surface area contributed by atoms with Crippen molar-refractivity contribution in [1.82, 2.24) is 0 Å². The summed E-state index contributed by atoms with van der Waals surface area (Å²) < 4.78 is 90.7. The molecule has 0 aromatic heterocycles. The van der Waals surface area contributed by atoms with Gasteiger partial charge in [0.1, 0.15) is 12.0 Å². The van der Waals surface area contributed by atoms with E-state index in [0.29, 0.717) is 12.0 Å². The van der Waals surface area contributed by atoms with E-state index >= 15 is 0 Å². The number of halogens is 4. The van der Waals surface area contributed by atoms with Gasteiger partial charge in [-0.3, -0.25) is 9.35 Å². The topological polar surface area (TPSA) is 107 Å². The lowest BCUT2D eigenvalue weighted by Gasteiger charge is -2.25. The number of alkyl halides is 4. The van der Waals surface area contributed by atoms with Crippen LogP contribution in [0.3, 0.4) is 0 Å². The van der Waals surface area contributed by atoms with E-state index in [2.05, 4.69) is 4.74 Å². The molecule has 24 heavy (non-hydrogen) atoms. The third kappa shape index (κ3) is 2.23. The Kier molecular flexibility index (Phi) is 3.51. The molecular weight excluding hydrogens is 364 g/mol. The van der Waals surface area contributed by atoms with Gasteiger partial charge in [0.2, 0.25) is 0 Å². The van der Waals surface area contributed by atoms with Crippen molar-refractivity contribution < 1.29 is 49.6 Å². The summed E-state index contributed by atoms with van der Waals surface area (Å²) in [5.74, 6) is -9.22. The Morgan fingerprint density at radius 2 is 2.00 bits per heavy atom. The summed E-state index contributed by atoms with van der Waals surface area (Å²) in [6, 6.07) is 0. The highest BCUT2D eigenvalue weighted by atomic mass is 32.2. The summed E-state index contributed by atoms with van der Waals surface area (Å²) in [5.41, 5.74) is 0.400. The van der Waals surface area contributed by atoms with Crippen molar-refractivity contribution in [1.29, 1.82) is 0 Å². The molecule has 12 heteroatoms. The molecule has 0 aromatic rings. The zero-order valence-corrected chi connectivity index (χ0v) is 12.4. The van der Waals surface area contributed by atoms with Crippen LogP contribution < -0.4 is 0 Å². The minimum Gasteiger partial charge on any atom is -0.459 e. The summed E-state index contributed by atoms with van der Waals surface area (Å²) in [6.45, 7) is -2.25. The van der Waals surface area contributed by atoms with E-state index in [1.54, 1.807) is 0 Å². The predicted molar refractivity (Wildman–Crippen MR) is 65.5 cm³/mol. The van der Waals surface area contributed by atoms with Crippen LogP contribution >= 0.6 is 0 Å². The largest absolute Gasteiger partial charge is 0.459 e. The molecule has 2 fully saturated rings. The average Bonchev–Trinajstić information content (AvgIpc) is 3.05. The van der Waals surface area contributed by atoms with Gasteiger partial charge in [0, 0.05) is 11.5 Å². The highest BCUT2D eigenvalue weighted by molar-refractivity contribution is 7.87. The van der Waals surface area contributed by atoms with Gasteiger partial charge in [-0.25, -0.2) is 4.79 Å². The second-order valence-corrected chi connectivity index (χ2v) is 7.29. The maximum absolute atomic E-state index is 13.3. The quantitative estimate of drug-likeness (QED) is 0.430. The Hall–Kier alpha value is -1.69. The molecule has 1 aliphatic heterocycles. The van der Waals surface area contributed by atoms with Crippen molar-refractivity contribution in [3.63, 3.8) is 0 Å². The van der Waals surface area contributed by atoms with Crippen LogP contribution in [0.4, 0.5) is 17.6 Å². The Morgan fingerprint density at radius 1 is 1.38 bits per heavy atom. The van der Waals surface area contributed by atoms with E-state index < -0.39 is 57.8 Å². The van der Waals surface area contributed by atoms with Gasteiger partial charge >= 0.3 is 33.2 Å². The molecule has 0 amide bonds. The second-order valence-electron chi connectivity index (χ2n) is 5.83. The highest BCUT2D eigenvalue weighted by Crippen LogP contribution is 2.54. The SMILES string of the molecule is O=C1OC2C3CC(C=C13)C2C(=O)OCC(F)(F)C(F)(F)S(=O)(=O)O. The third-order valence-electron chi connectivity index (χ3n) is 4.43. The van der Waals surface area contributed by atoms with Gasteiger partial charge in [0.25, 0.3) is 0 Å². The van der Waals surface area contributed by atoms with Crippen LogP contribution in [0.2, 0.25) is 0 Å². The molecule has 1 heterocycles. The minimum atomic E-state index is -6.40. The lowest BCUT2D eigenvalue weighted by Crippen LogP contribution is -2.50. The van der Waals surface area contributed by atoms with E-state index in [1.165, 1.54) is 6.08 Å². The first-order valence-electron chi connectivity index (χ1n) is 6.69. The standard InChI is InChI=1S/C12H10F4O7S/c13-11(14,12(15,16)24(19,20)21)3-22-10(18)7-4-1-5-6(2-4)9(17)23-8(5)7/h2,4-5,7-8H,1,3H2,(H,19,20,21). The van der Waals surface area contributed by atoms with Gasteiger partial charge in [-0.05, 0) is 12.3 Å². The van der Waals surface area contributed by atoms with E-state index in [-0.39, 0.29) is 5.92 Å². The summed E-state index contributed by atoms with van der Waals surface area (Å²) in [5, 5.41) is -5.82. The molecule has 0 radical (unpaired) electrons. The van der Waals surface area contributed by atoms with Crippen LogP contribution in [0.1, 0.15) is 6.42 Å². The van der Waals surface area contributed by atoms with Crippen molar-refractivity contribution >= 4 is 22.1 Å². The number of hydrogen-bond acceptors (Lipinski definition) is 6. The molecule has 7 nitrogen and oxygen atoms in total. The van der Waals surface area contributed by atoms with Gasteiger partial charge in [0.15, 0.2) is 6.61 Å². The van der Waals surface area contributed by atoms with Gasteiger partial charge in [-0.2, -0.15) is 26.0 Å². The number of carbonyl (C=O) groups is 2. The number of carbonyl (C=O) groups excluding carboxylic acids is 2. The normalized spacial score (nSPS) is 31.9. The molecule has 1 saturated heterocycles. The van der Waals surface area contributed by atoms with Crippen LogP contribution in [0.25, 0.3) is 0 Å². The number of ether oxygens (including phenoxy) is 2. The zero-order chi connectivity index (χ0) is 18.1. The lowest BCUT2D eigenvalue weighted by atomic mass is 9.89. The molecule has 134 valence electrons. The number of hydrogen-bond donors (Lipinski definition) is 1. The molecule has 3 rings (SSSR count). The van der Waals surface area contributed by atoms with Crippen LogP contribution in [0, 0.1) is 17.8 Å². The monoisotopic (exact) mass is 374 g/mol. The Balaban J connectivity index is 1.69. The van der Waals surface area contributed by atoms with Gasteiger partial charge in [-0.1, -0.05) is 6.08 Å². The fourth-order valence-electron chi connectivity index (χ4n) is 3.30. The summed E-state index contributed by atoms with van der Waals surface area (Å²) in [7, 11) is -6.40. The molecule has 3 aliphatic rings. The molecule has 2 bridgehead atoms. The summed E-state index contributed by atoms with van der Waals surface area (Å²) in [4.78, 5) is 23.4. The zero-order valence-electron chi connectivity index (χ0n) is 11.6. The number of fused-ring (bicyclic) bond motifs is 1. The molecule has 1 saturated carbocycles. The lowest BCUT2D eigenvalue weighted by molar-refractivity contribution is -0.200. The van der Waals surface area contributed by atoms with Crippen molar-refractivity contribution in [2.45, 2.75) is 23.7 Å². The highest BCUT2D eigenvalue weighted by Gasteiger charge is 2.67. The minimum absolute atomic E-state index is 0.361. The van der Waals surface area contributed by atoms with E-state index in [9.17, 15) is 35.6 Å². The van der Waals surface area contributed by atoms with Crippen molar-refractivity contribution in [2.24, 2.45) is 17.8 Å². The van der Waals surface area contributed by atoms with E-state index in [1.807, 2.05) is 0 Å². The summed E-state index contributed by atoms with van der Waals surface area (Å²) in [6.07, 6.45) is 0.946. The van der Waals surface area contributed by atoms with Crippen LogP contribution in [0.15, 0.2) is 11.6 Å². The first-order chi connectivity index (χ1) is 10.9. The van der Waals surface area contributed by atoms with E-state index in [4.69, 9.17) is 9.29 Å². The van der Waals surface area contributed by atoms with Crippen molar-refractivity contribution in [3.8, 4) is 0 Å². The third-order valence-corrected chi connectivity index (χ3v) is 5.37. The number of esters is 2. The molecule has 0 spiro atoms. The first kappa shape index (κ1) is 17.1. The van der Waals surface area contributed by atoms with Crippen LogP contribution in [-0.4, -0.2) is 48.8 Å². The van der Waals surface area contributed by atoms with Crippen LogP contribution in [0.5, 0.6) is 0 Å². The maximum Gasteiger partial charge on any atom is 0.435 e. The fraction of sp³-hybridized carbons (Fsp3) is 0.667. The Labute approximate surface area is 132 Å². The van der Waals surface area contributed by atoms with Crippen LogP contribution in [-0.2, 0) is 29.2 Å². The molecule has 4 unspecified atom stereocenters. The smallest absolute Gasteiger partial charge is 0.435 e. The number of rotatable bonds is 5. The first-order valence-corrected chi connectivity index (χ1v) is 8.13. The molecular formula is C12H10F4O7S. The maximum atomic E-state index is 13.3. The molecule has 2 aliphatic carbocycles. The second kappa shape index (κ2) is 4.91. The van der Waals surface area contributed by atoms with Gasteiger partial charge < -0.3 is 9.47 Å². The van der Waals surface area contributed by atoms with Crippen molar-refractivity contribution in [3.05, 3.63) is 11.6 Å². The van der Waals surface area contributed by atoms with Gasteiger partial charge in [0.05, 0.1) is 0 Å². The predicted octanol–water partition coefficient (Wildman–Crippen LogP) is 0.763. The Morgan fingerprint density at radius 3 is 2.58 bits per heavy atom. The Bertz CT molecular complexity index is 745. The van der Waals surface area contributed by atoms with E-state index in [0.717, 1.165) is 0 Å².